The number of furan rings is 1. The van der Waals surface area contributed by atoms with E-state index in [1.54, 1.807) is 12.1 Å². The average molecular weight is 304 g/mol. The number of nitrogens with one attached hydrogen (secondary N) is 1. The molecule has 1 aromatic rings. The van der Waals surface area contributed by atoms with Crippen LogP contribution >= 0.6 is 0 Å². The van der Waals surface area contributed by atoms with Crippen molar-refractivity contribution in [1.82, 2.24) is 10.2 Å². The Labute approximate surface area is 119 Å². The van der Waals surface area contributed by atoms with Crippen molar-refractivity contribution < 1.29 is 27.2 Å². The van der Waals surface area contributed by atoms with Gasteiger partial charge in [0, 0.05) is 19.0 Å². The van der Waals surface area contributed by atoms with Crippen LogP contribution in [-0.4, -0.2) is 42.5 Å². The zero-order chi connectivity index (χ0) is 15.5. The lowest BCUT2D eigenvalue weighted by molar-refractivity contribution is -0.141. The van der Waals surface area contributed by atoms with Gasteiger partial charge >= 0.3 is 6.18 Å². The molecule has 0 aliphatic carbocycles. The van der Waals surface area contributed by atoms with Gasteiger partial charge in [0.1, 0.15) is 6.54 Å². The van der Waals surface area contributed by atoms with Crippen molar-refractivity contribution in [3.63, 3.8) is 0 Å². The SMILES string of the molecule is O=C(NCC(F)(F)F)C1CCN(C(=O)c2ccco2)CC1. The van der Waals surface area contributed by atoms with Gasteiger partial charge < -0.3 is 14.6 Å². The second-order valence-corrected chi connectivity index (χ2v) is 4.88. The standard InChI is InChI=1S/C13H15F3N2O3/c14-13(15,16)8-17-11(19)9-3-5-18(6-4-9)12(20)10-2-1-7-21-10/h1-2,7,9H,3-6,8H2,(H,17,19). The summed E-state index contributed by atoms with van der Waals surface area (Å²) in [5.41, 5.74) is 0. The van der Waals surface area contributed by atoms with Gasteiger partial charge in [0.2, 0.25) is 5.91 Å². The first-order valence-electron chi connectivity index (χ1n) is 6.54. The summed E-state index contributed by atoms with van der Waals surface area (Å²) >= 11 is 0. The van der Waals surface area contributed by atoms with Crippen molar-refractivity contribution in [3.8, 4) is 0 Å². The molecule has 0 bridgehead atoms. The quantitative estimate of drug-likeness (QED) is 0.926. The summed E-state index contributed by atoms with van der Waals surface area (Å²) in [6.45, 7) is -0.676. The maximum atomic E-state index is 12.0. The van der Waals surface area contributed by atoms with Crippen LogP contribution in [0.15, 0.2) is 22.8 Å². The number of alkyl halides is 3. The minimum absolute atomic E-state index is 0.218. The van der Waals surface area contributed by atoms with Crippen LogP contribution in [0.2, 0.25) is 0 Å². The summed E-state index contributed by atoms with van der Waals surface area (Å²) in [4.78, 5) is 25.1. The van der Waals surface area contributed by atoms with Crippen molar-refractivity contribution in [1.29, 1.82) is 0 Å². The lowest BCUT2D eigenvalue weighted by atomic mass is 9.95. The van der Waals surface area contributed by atoms with E-state index in [0.29, 0.717) is 25.9 Å². The Hall–Kier alpha value is -1.99. The highest BCUT2D eigenvalue weighted by Gasteiger charge is 2.32. The Bertz CT molecular complexity index is 491. The molecule has 5 nitrogen and oxygen atoms in total. The Balaban J connectivity index is 1.80. The van der Waals surface area contributed by atoms with Gasteiger partial charge in [0.25, 0.3) is 5.91 Å². The van der Waals surface area contributed by atoms with E-state index in [0.717, 1.165) is 0 Å². The monoisotopic (exact) mass is 304 g/mol. The smallest absolute Gasteiger partial charge is 0.405 e. The lowest BCUT2D eigenvalue weighted by Gasteiger charge is -2.30. The van der Waals surface area contributed by atoms with E-state index in [-0.39, 0.29) is 11.7 Å². The summed E-state index contributed by atoms with van der Waals surface area (Å²) in [5.74, 6) is -1.16. The van der Waals surface area contributed by atoms with Crippen LogP contribution < -0.4 is 5.32 Å². The molecule has 2 rings (SSSR count). The van der Waals surface area contributed by atoms with E-state index in [2.05, 4.69) is 0 Å². The van der Waals surface area contributed by atoms with E-state index < -0.39 is 24.5 Å². The Morgan fingerprint density at radius 1 is 1.33 bits per heavy atom. The number of carbonyl (C=O) groups is 2. The third-order valence-corrected chi connectivity index (χ3v) is 3.35. The minimum atomic E-state index is -4.41. The maximum absolute atomic E-state index is 12.0. The average Bonchev–Trinajstić information content (AvgIpc) is 2.97. The van der Waals surface area contributed by atoms with Gasteiger partial charge in [0.05, 0.1) is 6.26 Å². The number of nitrogens with zero attached hydrogens (tertiary/aromatic N) is 1. The number of piperidine rings is 1. The van der Waals surface area contributed by atoms with Gasteiger partial charge in [-0.15, -0.1) is 0 Å². The Kier molecular flexibility index (Phi) is 4.54. The van der Waals surface area contributed by atoms with Crippen LogP contribution in [-0.2, 0) is 4.79 Å². The molecule has 0 spiro atoms. The number of rotatable bonds is 3. The van der Waals surface area contributed by atoms with Crippen LogP contribution in [0.25, 0.3) is 0 Å². The van der Waals surface area contributed by atoms with Crippen LogP contribution in [0, 0.1) is 5.92 Å². The van der Waals surface area contributed by atoms with E-state index in [4.69, 9.17) is 4.42 Å². The number of halogens is 3. The minimum Gasteiger partial charge on any atom is -0.459 e. The molecule has 1 fully saturated rings. The topological polar surface area (TPSA) is 62.6 Å². The van der Waals surface area contributed by atoms with Gasteiger partial charge in [0.15, 0.2) is 5.76 Å². The van der Waals surface area contributed by atoms with E-state index in [9.17, 15) is 22.8 Å². The molecule has 0 unspecified atom stereocenters. The fourth-order valence-corrected chi connectivity index (χ4v) is 2.23. The first kappa shape index (κ1) is 15.4. The molecule has 1 N–H and O–H groups in total. The molecular formula is C13H15F3N2O3. The van der Waals surface area contributed by atoms with Crippen molar-refractivity contribution >= 4 is 11.8 Å². The molecule has 0 aromatic carbocycles. The van der Waals surface area contributed by atoms with E-state index >= 15 is 0 Å². The maximum Gasteiger partial charge on any atom is 0.405 e. The normalized spacial score (nSPS) is 16.8. The fraction of sp³-hybridized carbons (Fsp3) is 0.538. The second kappa shape index (κ2) is 6.19. The molecule has 0 atom stereocenters. The molecule has 2 heterocycles. The predicted octanol–water partition coefficient (Wildman–Crippen LogP) is 1.81. The molecule has 1 saturated heterocycles. The molecule has 0 saturated carbocycles. The largest absolute Gasteiger partial charge is 0.459 e. The molecule has 1 aliphatic heterocycles. The van der Waals surface area contributed by atoms with Crippen LogP contribution in [0.3, 0.4) is 0 Å². The molecule has 116 valence electrons. The van der Waals surface area contributed by atoms with Crippen LogP contribution in [0.5, 0.6) is 0 Å². The summed E-state index contributed by atoms with van der Waals surface area (Å²) in [7, 11) is 0. The van der Waals surface area contributed by atoms with Crippen molar-refractivity contribution in [2.75, 3.05) is 19.6 Å². The number of hydrogen-bond acceptors (Lipinski definition) is 3. The predicted molar refractivity (Wildman–Crippen MR) is 66.4 cm³/mol. The third-order valence-electron chi connectivity index (χ3n) is 3.35. The molecule has 21 heavy (non-hydrogen) atoms. The summed E-state index contributed by atoms with van der Waals surface area (Å²) in [5, 5.41) is 1.88. The van der Waals surface area contributed by atoms with Crippen molar-refractivity contribution in [2.24, 2.45) is 5.92 Å². The van der Waals surface area contributed by atoms with Crippen LogP contribution in [0.4, 0.5) is 13.2 Å². The first-order valence-corrected chi connectivity index (χ1v) is 6.54. The molecule has 8 heteroatoms. The number of hydrogen-bond donors (Lipinski definition) is 1. The highest BCUT2D eigenvalue weighted by molar-refractivity contribution is 5.91. The lowest BCUT2D eigenvalue weighted by Crippen LogP contribution is -2.44. The summed E-state index contributed by atoms with van der Waals surface area (Å²) < 4.78 is 41.1. The molecule has 2 amide bonds. The third kappa shape index (κ3) is 4.24. The second-order valence-electron chi connectivity index (χ2n) is 4.88. The van der Waals surface area contributed by atoms with Gasteiger partial charge in [-0.2, -0.15) is 13.2 Å². The summed E-state index contributed by atoms with van der Waals surface area (Å²) in [6.07, 6.45) is -2.33. The van der Waals surface area contributed by atoms with Gasteiger partial charge in [-0.05, 0) is 25.0 Å². The van der Waals surface area contributed by atoms with Gasteiger partial charge in [-0.25, -0.2) is 0 Å². The van der Waals surface area contributed by atoms with Crippen molar-refractivity contribution in [3.05, 3.63) is 24.2 Å². The zero-order valence-electron chi connectivity index (χ0n) is 11.2. The highest BCUT2D eigenvalue weighted by atomic mass is 19.4. The fourth-order valence-electron chi connectivity index (χ4n) is 2.23. The zero-order valence-corrected chi connectivity index (χ0v) is 11.2. The van der Waals surface area contributed by atoms with Gasteiger partial charge in [-0.1, -0.05) is 0 Å². The number of amides is 2. The Morgan fingerprint density at radius 2 is 2.00 bits per heavy atom. The molecular weight excluding hydrogens is 289 g/mol. The molecule has 1 aromatic heterocycles. The van der Waals surface area contributed by atoms with E-state index in [1.807, 2.05) is 5.32 Å². The molecule has 0 radical (unpaired) electrons. The van der Waals surface area contributed by atoms with Crippen molar-refractivity contribution in [2.45, 2.75) is 19.0 Å². The van der Waals surface area contributed by atoms with Crippen LogP contribution in [0.1, 0.15) is 23.4 Å². The Morgan fingerprint density at radius 3 is 2.52 bits per heavy atom. The van der Waals surface area contributed by atoms with Gasteiger partial charge in [-0.3, -0.25) is 9.59 Å². The molecule has 1 aliphatic rings. The van der Waals surface area contributed by atoms with E-state index in [1.165, 1.54) is 11.2 Å². The first-order chi connectivity index (χ1) is 9.87. The highest BCUT2D eigenvalue weighted by Crippen LogP contribution is 2.20. The number of carbonyl (C=O) groups excluding carboxylic acids is 2. The number of likely N-dealkylation sites (tertiary alicyclic amines) is 1. The summed E-state index contributed by atoms with van der Waals surface area (Å²) in [6, 6.07) is 3.15.